The number of para-hydroxylation sites is 1. The van der Waals surface area contributed by atoms with Crippen molar-refractivity contribution in [1.82, 2.24) is 0 Å². The van der Waals surface area contributed by atoms with Crippen LogP contribution in [0.4, 0.5) is 4.39 Å². The van der Waals surface area contributed by atoms with E-state index < -0.39 is 0 Å². The van der Waals surface area contributed by atoms with E-state index in [0.717, 1.165) is 5.39 Å². The highest BCUT2D eigenvalue weighted by molar-refractivity contribution is 6.07. The molecule has 1 heterocycles. The molecule has 0 aliphatic rings. The molecule has 0 unspecified atom stereocenters. The summed E-state index contributed by atoms with van der Waals surface area (Å²) in [5.41, 5.74) is 1.58. The fourth-order valence-electron chi connectivity index (χ4n) is 2.14. The van der Waals surface area contributed by atoms with Crippen LogP contribution in [0.5, 0.6) is 0 Å². The van der Waals surface area contributed by atoms with Gasteiger partial charge in [-0.3, -0.25) is 4.79 Å². The van der Waals surface area contributed by atoms with Gasteiger partial charge >= 0.3 is 0 Å². The van der Waals surface area contributed by atoms with Gasteiger partial charge in [0, 0.05) is 10.9 Å². The average molecular weight is 284 g/mol. The minimum absolute atomic E-state index is 0.0637. The summed E-state index contributed by atoms with van der Waals surface area (Å²) in [7, 11) is 0. The third kappa shape index (κ3) is 2.85. The van der Waals surface area contributed by atoms with Gasteiger partial charge in [-0.15, -0.1) is 0 Å². The monoisotopic (exact) mass is 284 g/mol. The van der Waals surface area contributed by atoms with E-state index in [1.54, 1.807) is 24.3 Å². The Kier molecular flexibility index (Phi) is 3.79. The minimum atomic E-state index is -0.335. The number of ether oxygens (including phenoxy) is 1. The molecule has 4 heteroatoms. The fraction of sp³-hybridized carbons (Fsp3) is 0.118. The van der Waals surface area contributed by atoms with Crippen molar-refractivity contribution < 1.29 is 18.3 Å². The Morgan fingerprint density at radius 2 is 1.86 bits per heavy atom. The maximum absolute atomic E-state index is 13.4. The average Bonchev–Trinajstić information content (AvgIpc) is 2.93. The number of carbonyl (C=O) groups excluding carboxylic acids is 1. The summed E-state index contributed by atoms with van der Waals surface area (Å²) in [6.45, 7) is -0.0495. The Morgan fingerprint density at radius 3 is 2.71 bits per heavy atom. The SMILES string of the molecule is O=C(COCc1ccccc1F)c1coc2ccccc12. The van der Waals surface area contributed by atoms with Gasteiger partial charge in [-0.2, -0.15) is 0 Å². The quantitative estimate of drug-likeness (QED) is 0.665. The zero-order valence-electron chi connectivity index (χ0n) is 11.2. The molecule has 3 rings (SSSR count). The zero-order valence-corrected chi connectivity index (χ0v) is 11.2. The topological polar surface area (TPSA) is 39.4 Å². The predicted molar refractivity (Wildman–Crippen MR) is 76.6 cm³/mol. The molecule has 0 fully saturated rings. The number of halogens is 1. The minimum Gasteiger partial charge on any atom is -0.464 e. The second kappa shape index (κ2) is 5.89. The van der Waals surface area contributed by atoms with Crippen molar-refractivity contribution in [2.24, 2.45) is 0 Å². The van der Waals surface area contributed by atoms with Gasteiger partial charge in [0.05, 0.1) is 12.2 Å². The van der Waals surface area contributed by atoms with Crippen LogP contribution in [0.2, 0.25) is 0 Å². The van der Waals surface area contributed by atoms with Gasteiger partial charge < -0.3 is 9.15 Å². The first-order chi connectivity index (χ1) is 10.3. The lowest BCUT2D eigenvalue weighted by atomic mass is 10.1. The molecular weight excluding hydrogens is 271 g/mol. The van der Waals surface area contributed by atoms with Gasteiger partial charge in [0.1, 0.15) is 24.3 Å². The van der Waals surface area contributed by atoms with Crippen LogP contribution in [0.1, 0.15) is 15.9 Å². The molecule has 1 aromatic heterocycles. The molecule has 0 spiro atoms. The maximum Gasteiger partial charge on any atom is 0.192 e. The van der Waals surface area contributed by atoms with Gasteiger partial charge in [-0.25, -0.2) is 4.39 Å². The van der Waals surface area contributed by atoms with E-state index in [0.29, 0.717) is 16.7 Å². The second-order valence-corrected chi connectivity index (χ2v) is 4.65. The summed E-state index contributed by atoms with van der Waals surface area (Å²) in [6.07, 6.45) is 1.43. The maximum atomic E-state index is 13.4. The van der Waals surface area contributed by atoms with Crippen molar-refractivity contribution in [1.29, 1.82) is 0 Å². The number of benzene rings is 2. The second-order valence-electron chi connectivity index (χ2n) is 4.65. The first-order valence-electron chi connectivity index (χ1n) is 6.56. The van der Waals surface area contributed by atoms with Crippen LogP contribution in [0.3, 0.4) is 0 Å². The summed E-state index contributed by atoms with van der Waals surface area (Å²) in [5, 5.41) is 0.761. The van der Waals surface area contributed by atoms with E-state index in [1.807, 2.05) is 18.2 Å². The van der Waals surface area contributed by atoms with Crippen molar-refractivity contribution in [3.8, 4) is 0 Å². The fourth-order valence-corrected chi connectivity index (χ4v) is 2.14. The number of Topliss-reactive ketones (excluding diaryl/α,β-unsaturated/α-hetero) is 1. The van der Waals surface area contributed by atoms with Crippen LogP contribution in [-0.4, -0.2) is 12.4 Å². The Labute approximate surface area is 120 Å². The van der Waals surface area contributed by atoms with Gasteiger partial charge in [0.2, 0.25) is 0 Å². The van der Waals surface area contributed by atoms with Gasteiger partial charge in [-0.1, -0.05) is 36.4 Å². The summed E-state index contributed by atoms with van der Waals surface area (Å²) < 4.78 is 24.0. The lowest BCUT2D eigenvalue weighted by molar-refractivity contribution is 0.0722. The van der Waals surface area contributed by atoms with Crippen molar-refractivity contribution in [3.63, 3.8) is 0 Å². The van der Waals surface area contributed by atoms with Crippen LogP contribution >= 0.6 is 0 Å². The largest absolute Gasteiger partial charge is 0.464 e. The number of furan rings is 1. The third-order valence-corrected chi connectivity index (χ3v) is 3.23. The predicted octanol–water partition coefficient (Wildman–Crippen LogP) is 3.97. The molecule has 0 N–H and O–H groups in total. The molecule has 3 nitrogen and oxygen atoms in total. The van der Waals surface area contributed by atoms with E-state index in [1.165, 1.54) is 12.3 Å². The molecule has 0 saturated heterocycles. The van der Waals surface area contributed by atoms with Crippen LogP contribution < -0.4 is 0 Å². The highest BCUT2D eigenvalue weighted by atomic mass is 19.1. The summed E-state index contributed by atoms with van der Waals surface area (Å²) in [4.78, 5) is 12.1. The number of fused-ring (bicyclic) bond motifs is 1. The van der Waals surface area contributed by atoms with E-state index >= 15 is 0 Å². The number of hydrogen-bond acceptors (Lipinski definition) is 3. The lowest BCUT2D eigenvalue weighted by Crippen LogP contribution is -2.09. The van der Waals surface area contributed by atoms with Crippen LogP contribution in [0, 0.1) is 5.82 Å². The summed E-state index contributed by atoms with van der Waals surface area (Å²) in [6, 6.07) is 13.6. The van der Waals surface area contributed by atoms with Crippen LogP contribution in [0.25, 0.3) is 11.0 Å². The standard InChI is InChI=1S/C17H13FO3/c18-15-7-3-1-5-12(15)9-20-11-16(19)14-10-21-17-8-4-2-6-13(14)17/h1-8,10H,9,11H2. The van der Waals surface area contributed by atoms with Gasteiger partial charge in [0.25, 0.3) is 0 Å². The Bertz CT molecular complexity index is 776. The van der Waals surface area contributed by atoms with Crippen molar-refractivity contribution in [3.05, 3.63) is 71.7 Å². The zero-order chi connectivity index (χ0) is 14.7. The van der Waals surface area contributed by atoms with Crippen molar-refractivity contribution >= 4 is 16.8 Å². The molecule has 21 heavy (non-hydrogen) atoms. The smallest absolute Gasteiger partial charge is 0.192 e. The number of carbonyl (C=O) groups is 1. The summed E-state index contributed by atoms with van der Waals surface area (Å²) in [5.74, 6) is -0.519. The Morgan fingerprint density at radius 1 is 1.10 bits per heavy atom. The highest BCUT2D eigenvalue weighted by Gasteiger charge is 2.13. The lowest BCUT2D eigenvalue weighted by Gasteiger charge is -2.04. The first kappa shape index (κ1) is 13.5. The molecule has 0 saturated carbocycles. The van der Waals surface area contributed by atoms with E-state index in [-0.39, 0.29) is 24.8 Å². The molecule has 0 amide bonds. The van der Waals surface area contributed by atoms with E-state index in [9.17, 15) is 9.18 Å². The normalized spacial score (nSPS) is 10.9. The summed E-state index contributed by atoms with van der Waals surface area (Å²) >= 11 is 0. The van der Waals surface area contributed by atoms with Crippen molar-refractivity contribution in [2.45, 2.75) is 6.61 Å². The molecule has 0 radical (unpaired) electrons. The van der Waals surface area contributed by atoms with Gasteiger partial charge in [0.15, 0.2) is 5.78 Å². The van der Waals surface area contributed by atoms with Crippen LogP contribution in [0.15, 0.2) is 59.2 Å². The Balaban J connectivity index is 1.66. The molecular formula is C17H13FO3. The molecule has 2 aromatic carbocycles. The molecule has 0 aliphatic heterocycles. The first-order valence-corrected chi connectivity index (χ1v) is 6.56. The third-order valence-electron chi connectivity index (χ3n) is 3.23. The molecule has 0 atom stereocenters. The Hall–Kier alpha value is -2.46. The molecule has 3 aromatic rings. The molecule has 0 aliphatic carbocycles. The molecule has 106 valence electrons. The van der Waals surface area contributed by atoms with E-state index in [4.69, 9.17) is 9.15 Å². The van der Waals surface area contributed by atoms with Gasteiger partial charge in [-0.05, 0) is 12.1 Å². The van der Waals surface area contributed by atoms with Crippen molar-refractivity contribution in [2.75, 3.05) is 6.61 Å². The van der Waals surface area contributed by atoms with Crippen LogP contribution in [-0.2, 0) is 11.3 Å². The highest BCUT2D eigenvalue weighted by Crippen LogP contribution is 2.21. The number of rotatable bonds is 5. The number of ketones is 1. The van der Waals surface area contributed by atoms with E-state index in [2.05, 4.69) is 0 Å². The molecule has 0 bridgehead atoms. The number of hydrogen-bond donors (Lipinski definition) is 0.